The molecule has 0 heterocycles. The summed E-state index contributed by atoms with van der Waals surface area (Å²) in [6, 6.07) is 0. The topological polar surface area (TPSA) is 113 Å². The molecule has 8 nitrogen and oxygen atoms in total. The summed E-state index contributed by atoms with van der Waals surface area (Å²) in [6.45, 7) is 10.1. The van der Waals surface area contributed by atoms with Gasteiger partial charge in [0.05, 0.1) is 0 Å². The van der Waals surface area contributed by atoms with Gasteiger partial charge in [-0.25, -0.2) is 4.39 Å². The largest absolute Gasteiger partial charge is 0.459 e. The molecule has 0 aromatic carbocycles. The summed E-state index contributed by atoms with van der Waals surface area (Å²) in [5.74, 6) is -3.99. The Morgan fingerprint density at radius 3 is 2.36 bits per heavy atom. The highest BCUT2D eigenvalue weighted by Crippen LogP contribution is 2.72. The molecule has 4 rings (SSSR count). The first kappa shape index (κ1) is 32.1. The van der Waals surface area contributed by atoms with Gasteiger partial charge in [-0.15, -0.1) is 0 Å². The van der Waals surface area contributed by atoms with Crippen LogP contribution in [-0.4, -0.2) is 53.5 Å². The maximum atomic E-state index is 18.3. The van der Waals surface area contributed by atoms with Gasteiger partial charge in [0.15, 0.2) is 23.7 Å². The summed E-state index contributed by atoms with van der Waals surface area (Å²) < 4.78 is 35.7. The van der Waals surface area contributed by atoms with Crippen LogP contribution < -0.4 is 0 Å². The number of hydrogen-bond donors (Lipinski definition) is 0. The van der Waals surface area contributed by atoms with Crippen molar-refractivity contribution in [3.8, 4) is 0 Å². The van der Waals surface area contributed by atoms with Crippen LogP contribution in [0, 0.1) is 28.6 Å². The Hall–Kier alpha value is -2.84. The Labute approximate surface area is 247 Å². The molecule has 4 aliphatic rings. The van der Waals surface area contributed by atoms with E-state index in [2.05, 4.69) is 0 Å². The fourth-order valence-electron chi connectivity index (χ4n) is 8.64. The van der Waals surface area contributed by atoms with Crippen molar-refractivity contribution in [3.05, 3.63) is 23.8 Å². The number of fused-ring (bicyclic) bond motifs is 5. The SMILES string of the molecule is CCCCC(=O)O[C@H]1C[C@@]2(C)[C@@H](C[C@H](C)[C@]2(OC(=O)CC)C(=O)COC(=O)CC)[C@@H]2CCC3=CC(=O)C=C[C@]3(C)[C@@]12F. The Morgan fingerprint density at radius 1 is 1.02 bits per heavy atom. The molecular formula is C33H45FO8. The second kappa shape index (κ2) is 11.7. The molecule has 0 radical (unpaired) electrons. The van der Waals surface area contributed by atoms with Crippen LogP contribution in [0.2, 0.25) is 0 Å². The third kappa shape index (κ3) is 4.75. The van der Waals surface area contributed by atoms with Gasteiger partial charge >= 0.3 is 17.9 Å². The molecule has 0 unspecified atom stereocenters. The molecule has 9 heteroatoms. The van der Waals surface area contributed by atoms with E-state index in [1.807, 2.05) is 20.8 Å². The second-order valence-corrected chi connectivity index (χ2v) is 13.0. The van der Waals surface area contributed by atoms with Gasteiger partial charge in [0.25, 0.3) is 0 Å². The number of esters is 3. The van der Waals surface area contributed by atoms with Gasteiger partial charge in [-0.2, -0.15) is 0 Å². The van der Waals surface area contributed by atoms with E-state index in [1.165, 1.54) is 12.2 Å². The van der Waals surface area contributed by atoms with Crippen LogP contribution in [-0.2, 0) is 38.2 Å². The molecular weight excluding hydrogens is 543 g/mol. The molecule has 0 aromatic heterocycles. The number of ketones is 2. The van der Waals surface area contributed by atoms with Crippen LogP contribution >= 0.6 is 0 Å². The van der Waals surface area contributed by atoms with Crippen LogP contribution in [0.1, 0.15) is 99.3 Å². The first-order valence-corrected chi connectivity index (χ1v) is 15.5. The van der Waals surface area contributed by atoms with Gasteiger partial charge in [-0.05, 0) is 57.1 Å². The van der Waals surface area contributed by atoms with Gasteiger partial charge in [-0.1, -0.05) is 52.7 Å². The summed E-state index contributed by atoms with van der Waals surface area (Å²) in [4.78, 5) is 64.5. The Balaban J connectivity index is 1.87. The Kier molecular flexibility index (Phi) is 8.92. The van der Waals surface area contributed by atoms with E-state index in [0.717, 1.165) is 6.42 Å². The highest BCUT2D eigenvalue weighted by molar-refractivity contribution is 6.01. The molecule has 0 amide bonds. The van der Waals surface area contributed by atoms with Crippen molar-refractivity contribution in [3.63, 3.8) is 0 Å². The molecule has 0 aliphatic heterocycles. The molecule has 0 N–H and O–H groups in total. The number of carbonyl (C=O) groups is 5. The molecule has 8 atom stereocenters. The van der Waals surface area contributed by atoms with E-state index in [1.54, 1.807) is 26.8 Å². The van der Waals surface area contributed by atoms with Crippen LogP contribution in [0.15, 0.2) is 23.8 Å². The highest BCUT2D eigenvalue weighted by atomic mass is 19.1. The van der Waals surface area contributed by atoms with Crippen molar-refractivity contribution < 1.29 is 42.6 Å². The first-order valence-electron chi connectivity index (χ1n) is 15.5. The lowest BCUT2D eigenvalue weighted by atomic mass is 9.44. The van der Waals surface area contributed by atoms with E-state index < -0.39 is 76.3 Å². The number of hydrogen-bond acceptors (Lipinski definition) is 8. The zero-order valence-corrected chi connectivity index (χ0v) is 25.8. The smallest absolute Gasteiger partial charge is 0.306 e. The molecule has 3 saturated carbocycles. The third-order valence-corrected chi connectivity index (χ3v) is 10.8. The van der Waals surface area contributed by atoms with Crippen molar-refractivity contribution in [2.45, 2.75) is 117 Å². The van der Waals surface area contributed by atoms with Gasteiger partial charge in [0.2, 0.25) is 5.78 Å². The minimum absolute atomic E-state index is 0.0220. The predicted octanol–water partition coefficient (Wildman–Crippen LogP) is 5.56. The molecule has 232 valence electrons. The number of allylic oxidation sites excluding steroid dienone is 4. The molecule has 0 aromatic rings. The van der Waals surface area contributed by atoms with Crippen LogP contribution in [0.25, 0.3) is 0 Å². The lowest BCUT2D eigenvalue weighted by Gasteiger charge is -2.63. The third-order valence-electron chi connectivity index (χ3n) is 10.8. The van der Waals surface area contributed by atoms with E-state index in [-0.39, 0.29) is 31.5 Å². The lowest BCUT2D eigenvalue weighted by molar-refractivity contribution is -0.236. The Morgan fingerprint density at radius 2 is 1.71 bits per heavy atom. The number of ether oxygens (including phenoxy) is 3. The van der Waals surface area contributed by atoms with Gasteiger partial charge in [0, 0.05) is 41.9 Å². The number of carbonyl (C=O) groups excluding carboxylic acids is 5. The van der Waals surface area contributed by atoms with E-state index in [9.17, 15) is 24.0 Å². The molecule has 42 heavy (non-hydrogen) atoms. The first-order chi connectivity index (χ1) is 19.7. The normalized spacial score (nSPS) is 38.5. The van der Waals surface area contributed by atoms with Crippen LogP contribution in [0.5, 0.6) is 0 Å². The van der Waals surface area contributed by atoms with Crippen molar-refractivity contribution in [2.75, 3.05) is 6.61 Å². The van der Waals surface area contributed by atoms with Crippen molar-refractivity contribution >= 4 is 29.5 Å². The van der Waals surface area contributed by atoms with Crippen LogP contribution in [0.4, 0.5) is 4.39 Å². The lowest BCUT2D eigenvalue weighted by Crippen LogP contribution is -2.70. The zero-order chi connectivity index (χ0) is 31.1. The molecule has 0 spiro atoms. The zero-order valence-electron chi connectivity index (χ0n) is 25.8. The predicted molar refractivity (Wildman–Crippen MR) is 152 cm³/mol. The number of halogens is 1. The minimum Gasteiger partial charge on any atom is -0.459 e. The summed E-state index contributed by atoms with van der Waals surface area (Å²) in [5, 5.41) is 0. The van der Waals surface area contributed by atoms with E-state index >= 15 is 4.39 Å². The maximum Gasteiger partial charge on any atom is 0.306 e. The summed E-state index contributed by atoms with van der Waals surface area (Å²) in [6.07, 6.45) is 5.98. The van der Waals surface area contributed by atoms with Crippen molar-refractivity contribution in [1.82, 2.24) is 0 Å². The molecule has 4 aliphatic carbocycles. The average Bonchev–Trinajstić information content (AvgIpc) is 3.17. The van der Waals surface area contributed by atoms with Gasteiger partial charge < -0.3 is 14.2 Å². The standard InChI is InChI=1S/C33H45FO8/c1-7-10-11-29(39)41-26-18-31(6)24(23-13-12-21-17-22(35)14-15-30(21,5)32(23,26)34)16-20(4)33(31,42-28(38)9-3)25(36)19-40-27(37)8-2/h14-15,17,20,23-24,26H,7-13,16,18-19H2,1-6H3/t20-,23-,24-,26-,30-,31-,32-,33-/m0/s1. The number of Topliss-reactive ketones (excluding diaryl/α,β-unsaturated/α-hetero) is 1. The summed E-state index contributed by atoms with van der Waals surface area (Å²) in [5.41, 5.74) is -5.42. The monoisotopic (exact) mass is 588 g/mol. The molecule has 3 fully saturated rings. The molecule has 0 bridgehead atoms. The van der Waals surface area contributed by atoms with Gasteiger partial charge in [0.1, 0.15) is 6.10 Å². The fourth-order valence-corrected chi connectivity index (χ4v) is 8.64. The second-order valence-electron chi connectivity index (χ2n) is 13.0. The quantitative estimate of drug-likeness (QED) is 0.241. The fraction of sp³-hybridized carbons (Fsp3) is 0.727. The van der Waals surface area contributed by atoms with Crippen molar-refractivity contribution in [1.29, 1.82) is 0 Å². The summed E-state index contributed by atoms with van der Waals surface area (Å²) in [7, 11) is 0. The van der Waals surface area contributed by atoms with Gasteiger partial charge in [-0.3, -0.25) is 24.0 Å². The number of rotatable bonds is 10. The minimum atomic E-state index is -2.07. The number of unbranched alkanes of at least 4 members (excludes halogenated alkanes) is 1. The Bertz CT molecular complexity index is 1210. The molecule has 0 saturated heterocycles. The van der Waals surface area contributed by atoms with E-state index in [4.69, 9.17) is 14.2 Å². The van der Waals surface area contributed by atoms with E-state index in [0.29, 0.717) is 31.3 Å². The van der Waals surface area contributed by atoms with Crippen LogP contribution in [0.3, 0.4) is 0 Å². The maximum absolute atomic E-state index is 18.3. The number of alkyl halides is 1. The highest BCUT2D eigenvalue weighted by Gasteiger charge is 2.78. The summed E-state index contributed by atoms with van der Waals surface area (Å²) >= 11 is 0. The average molecular weight is 589 g/mol. The van der Waals surface area contributed by atoms with Crippen molar-refractivity contribution in [2.24, 2.45) is 28.6 Å².